The molecule has 0 aliphatic rings. The standard InChI is InChI=1S/C23H32ClNO4/c1-23(2,3)29-20(16-7-10-18(26-4)11-8-16)15-25-14-13-17-9-12-19(27-5)22(28-6)21(17)24/h7-12,20,25H,13-15H2,1-6H3. The molecule has 5 nitrogen and oxygen atoms in total. The lowest BCUT2D eigenvalue weighted by molar-refractivity contribution is -0.0605. The highest BCUT2D eigenvalue weighted by Gasteiger charge is 2.20. The number of ether oxygens (including phenoxy) is 4. The molecule has 1 N–H and O–H groups in total. The Morgan fingerprint density at radius 1 is 0.931 bits per heavy atom. The van der Waals surface area contributed by atoms with Crippen molar-refractivity contribution in [2.24, 2.45) is 0 Å². The van der Waals surface area contributed by atoms with Gasteiger partial charge in [-0.1, -0.05) is 29.8 Å². The lowest BCUT2D eigenvalue weighted by Gasteiger charge is -2.28. The Labute approximate surface area is 179 Å². The van der Waals surface area contributed by atoms with Gasteiger partial charge in [0.1, 0.15) is 5.75 Å². The molecule has 0 fully saturated rings. The maximum absolute atomic E-state index is 6.48. The van der Waals surface area contributed by atoms with Crippen LogP contribution in [-0.4, -0.2) is 40.0 Å². The molecule has 1 unspecified atom stereocenters. The van der Waals surface area contributed by atoms with Gasteiger partial charge in [0, 0.05) is 6.54 Å². The summed E-state index contributed by atoms with van der Waals surface area (Å²) in [7, 11) is 4.86. The Bertz CT molecular complexity index is 772. The summed E-state index contributed by atoms with van der Waals surface area (Å²) in [6.45, 7) is 7.64. The van der Waals surface area contributed by atoms with Gasteiger partial charge in [0.2, 0.25) is 0 Å². The zero-order valence-electron chi connectivity index (χ0n) is 18.2. The first-order valence-electron chi connectivity index (χ1n) is 9.71. The molecular formula is C23H32ClNO4. The zero-order chi connectivity index (χ0) is 21.4. The van der Waals surface area contributed by atoms with Gasteiger partial charge in [-0.05, 0) is 63.1 Å². The van der Waals surface area contributed by atoms with E-state index in [2.05, 4.69) is 26.1 Å². The lowest BCUT2D eigenvalue weighted by Crippen LogP contribution is -2.31. The summed E-state index contributed by atoms with van der Waals surface area (Å²) in [6, 6.07) is 11.8. The summed E-state index contributed by atoms with van der Waals surface area (Å²) in [4.78, 5) is 0. The van der Waals surface area contributed by atoms with Gasteiger partial charge in [-0.3, -0.25) is 0 Å². The van der Waals surface area contributed by atoms with E-state index in [0.29, 0.717) is 23.1 Å². The van der Waals surface area contributed by atoms with Gasteiger partial charge in [-0.25, -0.2) is 0 Å². The van der Waals surface area contributed by atoms with Crippen LogP contribution in [0.5, 0.6) is 17.2 Å². The van der Waals surface area contributed by atoms with Gasteiger partial charge >= 0.3 is 0 Å². The first kappa shape index (κ1) is 23.3. The summed E-state index contributed by atoms with van der Waals surface area (Å²) in [6.07, 6.45) is 0.700. The lowest BCUT2D eigenvalue weighted by atomic mass is 10.1. The smallest absolute Gasteiger partial charge is 0.179 e. The molecule has 0 amide bonds. The third-order valence-corrected chi connectivity index (χ3v) is 4.86. The molecule has 0 saturated heterocycles. The largest absolute Gasteiger partial charge is 0.497 e. The van der Waals surface area contributed by atoms with Crippen molar-refractivity contribution in [3.63, 3.8) is 0 Å². The number of hydrogen-bond donors (Lipinski definition) is 1. The summed E-state index contributed by atoms with van der Waals surface area (Å²) in [5.74, 6) is 2.03. The topological polar surface area (TPSA) is 49.0 Å². The average molecular weight is 422 g/mol. The van der Waals surface area contributed by atoms with E-state index in [4.69, 9.17) is 30.5 Å². The second-order valence-electron chi connectivity index (χ2n) is 7.72. The molecule has 160 valence electrons. The maximum atomic E-state index is 6.48. The molecule has 29 heavy (non-hydrogen) atoms. The number of rotatable bonds is 10. The molecule has 0 spiro atoms. The second-order valence-corrected chi connectivity index (χ2v) is 8.10. The van der Waals surface area contributed by atoms with Gasteiger partial charge in [0.05, 0.1) is 38.1 Å². The Morgan fingerprint density at radius 2 is 1.62 bits per heavy atom. The van der Waals surface area contributed by atoms with E-state index in [-0.39, 0.29) is 11.7 Å². The van der Waals surface area contributed by atoms with Crippen molar-refractivity contribution in [3.05, 3.63) is 52.5 Å². The Balaban J connectivity index is 2.01. The number of nitrogens with one attached hydrogen (secondary N) is 1. The van der Waals surface area contributed by atoms with Crippen LogP contribution in [0.3, 0.4) is 0 Å². The molecule has 6 heteroatoms. The van der Waals surface area contributed by atoms with Crippen LogP contribution in [0.15, 0.2) is 36.4 Å². The summed E-state index contributed by atoms with van der Waals surface area (Å²) in [5.41, 5.74) is 1.87. The van der Waals surface area contributed by atoms with E-state index in [1.807, 2.05) is 36.4 Å². The van der Waals surface area contributed by atoms with Crippen molar-refractivity contribution in [1.82, 2.24) is 5.32 Å². The molecule has 0 aliphatic carbocycles. The SMILES string of the molecule is COc1ccc(C(CNCCc2ccc(OC)c(OC)c2Cl)OC(C)(C)C)cc1. The van der Waals surface area contributed by atoms with Crippen molar-refractivity contribution in [2.45, 2.75) is 38.9 Å². The quantitative estimate of drug-likeness (QED) is 0.543. The van der Waals surface area contributed by atoms with E-state index in [9.17, 15) is 0 Å². The normalized spacial score (nSPS) is 12.5. The number of benzene rings is 2. The minimum Gasteiger partial charge on any atom is -0.497 e. The highest BCUT2D eigenvalue weighted by Crippen LogP contribution is 2.37. The fourth-order valence-corrected chi connectivity index (χ4v) is 3.38. The summed E-state index contributed by atoms with van der Waals surface area (Å²) in [5, 5.41) is 4.08. The second kappa shape index (κ2) is 10.7. The minimum absolute atomic E-state index is 0.0678. The number of halogens is 1. The molecule has 1 atom stereocenters. The number of hydrogen-bond acceptors (Lipinski definition) is 5. The van der Waals surface area contributed by atoms with Crippen LogP contribution < -0.4 is 19.5 Å². The molecule has 0 heterocycles. The Hall–Kier alpha value is -1.95. The van der Waals surface area contributed by atoms with Crippen LogP contribution in [0, 0.1) is 0 Å². The van der Waals surface area contributed by atoms with Gasteiger partial charge in [-0.2, -0.15) is 0 Å². The van der Waals surface area contributed by atoms with Crippen LogP contribution in [0.1, 0.15) is 38.0 Å². The highest BCUT2D eigenvalue weighted by molar-refractivity contribution is 6.33. The Kier molecular flexibility index (Phi) is 8.62. The molecule has 2 rings (SSSR count). The van der Waals surface area contributed by atoms with E-state index >= 15 is 0 Å². The third-order valence-electron chi connectivity index (χ3n) is 4.45. The van der Waals surface area contributed by atoms with Crippen molar-refractivity contribution < 1.29 is 18.9 Å². The fraction of sp³-hybridized carbons (Fsp3) is 0.478. The molecule has 2 aromatic rings. The van der Waals surface area contributed by atoms with Crippen LogP contribution in [0.25, 0.3) is 0 Å². The van der Waals surface area contributed by atoms with Crippen molar-refractivity contribution in [1.29, 1.82) is 0 Å². The molecule has 0 aromatic heterocycles. The monoisotopic (exact) mass is 421 g/mol. The van der Waals surface area contributed by atoms with E-state index < -0.39 is 0 Å². The molecule has 0 saturated carbocycles. The van der Waals surface area contributed by atoms with Crippen molar-refractivity contribution in [2.75, 3.05) is 34.4 Å². The Morgan fingerprint density at radius 3 is 2.17 bits per heavy atom. The first-order valence-corrected chi connectivity index (χ1v) is 10.1. The average Bonchev–Trinajstić information content (AvgIpc) is 2.70. The van der Waals surface area contributed by atoms with Crippen LogP contribution in [-0.2, 0) is 11.2 Å². The van der Waals surface area contributed by atoms with Crippen LogP contribution >= 0.6 is 11.6 Å². The van der Waals surface area contributed by atoms with Crippen molar-refractivity contribution >= 4 is 11.6 Å². The first-order chi connectivity index (χ1) is 13.8. The minimum atomic E-state index is -0.251. The molecular weight excluding hydrogens is 390 g/mol. The van der Waals surface area contributed by atoms with Gasteiger partial charge in [-0.15, -0.1) is 0 Å². The zero-order valence-corrected chi connectivity index (χ0v) is 18.9. The van der Waals surface area contributed by atoms with E-state index in [0.717, 1.165) is 29.8 Å². The number of methoxy groups -OCH3 is 3. The van der Waals surface area contributed by atoms with E-state index in [1.165, 1.54) is 0 Å². The van der Waals surface area contributed by atoms with Crippen LogP contribution in [0.4, 0.5) is 0 Å². The van der Waals surface area contributed by atoms with E-state index in [1.54, 1.807) is 21.3 Å². The maximum Gasteiger partial charge on any atom is 0.179 e. The highest BCUT2D eigenvalue weighted by atomic mass is 35.5. The predicted octanol–water partition coefficient (Wildman–Crippen LogP) is 5.05. The predicted molar refractivity (Wildman–Crippen MR) is 118 cm³/mol. The fourth-order valence-electron chi connectivity index (χ4n) is 3.05. The third kappa shape index (κ3) is 6.81. The van der Waals surface area contributed by atoms with Gasteiger partial charge in [0.25, 0.3) is 0 Å². The van der Waals surface area contributed by atoms with Gasteiger partial charge in [0.15, 0.2) is 11.5 Å². The van der Waals surface area contributed by atoms with Gasteiger partial charge < -0.3 is 24.3 Å². The molecule has 2 aromatic carbocycles. The molecule has 0 aliphatic heterocycles. The molecule has 0 bridgehead atoms. The summed E-state index contributed by atoms with van der Waals surface area (Å²) < 4.78 is 22.2. The van der Waals surface area contributed by atoms with Crippen molar-refractivity contribution in [3.8, 4) is 17.2 Å². The molecule has 0 radical (unpaired) electrons. The van der Waals surface area contributed by atoms with Crippen LogP contribution in [0.2, 0.25) is 5.02 Å². The summed E-state index contributed by atoms with van der Waals surface area (Å²) >= 11 is 6.48.